The van der Waals surface area contributed by atoms with Gasteiger partial charge in [0.05, 0.1) is 12.5 Å². The number of urea groups is 2. The Morgan fingerprint density at radius 2 is 1.46 bits per heavy atom. The zero-order valence-corrected chi connectivity index (χ0v) is 27.6. The van der Waals surface area contributed by atoms with Crippen LogP contribution in [0, 0.1) is 0 Å². The van der Waals surface area contributed by atoms with Gasteiger partial charge in [-0.3, -0.25) is 5.32 Å². The van der Waals surface area contributed by atoms with Crippen molar-refractivity contribution in [1.82, 2.24) is 34.5 Å². The number of aromatic amines is 1. The number of hydrogen-bond acceptors (Lipinski definition) is 11. The van der Waals surface area contributed by atoms with Crippen LogP contribution in [0.15, 0.2) is 122 Å². The van der Waals surface area contributed by atoms with E-state index in [0.717, 1.165) is 34.0 Å². The van der Waals surface area contributed by atoms with Gasteiger partial charge in [-0.1, -0.05) is 64.6 Å². The van der Waals surface area contributed by atoms with Crippen LogP contribution in [0.2, 0.25) is 5.15 Å². The van der Waals surface area contributed by atoms with E-state index in [-0.39, 0.29) is 17.8 Å². The molecule has 50 heavy (non-hydrogen) atoms. The average molecular weight is 709 g/mol. The van der Waals surface area contributed by atoms with Crippen LogP contribution in [0.5, 0.6) is 5.75 Å². The van der Waals surface area contributed by atoms with E-state index in [4.69, 9.17) is 11.6 Å². The van der Waals surface area contributed by atoms with Crippen molar-refractivity contribution >= 4 is 74.2 Å². The van der Waals surface area contributed by atoms with Gasteiger partial charge in [0.1, 0.15) is 27.7 Å². The number of amides is 4. The van der Waals surface area contributed by atoms with Crippen molar-refractivity contribution in [2.24, 2.45) is 0 Å². The Morgan fingerprint density at radius 3 is 2.12 bits per heavy atom. The van der Waals surface area contributed by atoms with Crippen LogP contribution in [0.3, 0.4) is 0 Å². The first-order valence-corrected chi connectivity index (χ1v) is 15.9. The van der Waals surface area contributed by atoms with E-state index >= 15 is 0 Å². The predicted octanol–water partition coefficient (Wildman–Crippen LogP) is 7.23. The molecule has 0 aliphatic heterocycles. The van der Waals surface area contributed by atoms with Crippen LogP contribution in [0.4, 0.5) is 37.5 Å². The number of carbonyl (C=O) groups is 2. The molecule has 0 fully saturated rings. The molecule has 0 unspecified atom stereocenters. The highest BCUT2D eigenvalue weighted by atomic mass is 35.5. The first-order chi connectivity index (χ1) is 24.4. The summed E-state index contributed by atoms with van der Waals surface area (Å²) in [7, 11) is 0. The summed E-state index contributed by atoms with van der Waals surface area (Å²) in [5.41, 5.74) is 4.44. The lowest BCUT2D eigenvalue weighted by molar-refractivity contribution is 0.261. The second-order valence-electron chi connectivity index (χ2n) is 9.89. The highest BCUT2D eigenvalue weighted by Gasteiger charge is 2.06. The number of halogens is 1. The molecule has 252 valence electrons. The van der Waals surface area contributed by atoms with Crippen molar-refractivity contribution in [3.05, 3.63) is 133 Å². The molecule has 3 aromatic carbocycles. The molecule has 0 atom stereocenters. The number of hydrogen-bond donors (Lipinski definition) is 7. The van der Waals surface area contributed by atoms with Gasteiger partial charge in [0.15, 0.2) is 11.5 Å². The van der Waals surface area contributed by atoms with Gasteiger partial charge in [-0.2, -0.15) is 0 Å². The van der Waals surface area contributed by atoms with Crippen molar-refractivity contribution < 1.29 is 14.7 Å². The summed E-state index contributed by atoms with van der Waals surface area (Å²) in [6.07, 6.45) is 6.07. The van der Waals surface area contributed by atoms with Crippen LogP contribution >= 0.6 is 23.1 Å². The summed E-state index contributed by atoms with van der Waals surface area (Å²) in [5, 5.41) is 27.8. The van der Waals surface area contributed by atoms with Crippen LogP contribution in [0.1, 0.15) is 5.56 Å². The molecule has 4 amide bonds. The fourth-order valence-corrected chi connectivity index (χ4v) is 4.65. The highest BCUT2D eigenvalue weighted by molar-refractivity contribution is 7.10. The largest absolute Gasteiger partial charge is 0.508 e. The number of aromatic hydroxyl groups is 1. The maximum Gasteiger partial charge on any atom is 0.324 e. The molecule has 0 aliphatic rings. The second-order valence-corrected chi connectivity index (χ2v) is 11.1. The fourth-order valence-electron chi connectivity index (χ4n) is 4.06. The minimum absolute atomic E-state index is 0.253. The van der Waals surface area contributed by atoms with Gasteiger partial charge in [-0.15, -0.1) is 5.10 Å². The Balaban J connectivity index is 0.000000146. The lowest BCUT2D eigenvalue weighted by Crippen LogP contribution is -2.19. The molecule has 0 spiro atoms. The quantitative estimate of drug-likeness (QED) is 0.0826. The number of carbonyl (C=O) groups excluding carboxylic acids is 2. The third-order valence-corrected chi connectivity index (χ3v) is 7.03. The lowest BCUT2D eigenvalue weighted by Gasteiger charge is -2.07. The van der Waals surface area contributed by atoms with Crippen molar-refractivity contribution in [2.75, 3.05) is 26.6 Å². The van der Waals surface area contributed by atoms with Crippen LogP contribution in [-0.4, -0.2) is 51.7 Å². The van der Waals surface area contributed by atoms with Gasteiger partial charge >= 0.3 is 12.1 Å². The van der Waals surface area contributed by atoms with E-state index in [1.165, 1.54) is 18.7 Å². The highest BCUT2D eigenvalue weighted by Crippen LogP contribution is 2.17. The monoisotopic (exact) mass is 708 g/mol. The van der Waals surface area contributed by atoms with Gasteiger partial charge in [0, 0.05) is 41.3 Å². The number of phenolic OH excluding ortho intramolecular Hbond substituents is 1. The summed E-state index contributed by atoms with van der Waals surface area (Å²) >= 11 is 6.83. The first kappa shape index (κ1) is 34.7. The van der Waals surface area contributed by atoms with Crippen molar-refractivity contribution in [1.29, 1.82) is 0 Å². The second kappa shape index (κ2) is 18.0. The van der Waals surface area contributed by atoms with Crippen LogP contribution in [0.25, 0.3) is 11.2 Å². The van der Waals surface area contributed by atoms with E-state index < -0.39 is 0 Å². The van der Waals surface area contributed by atoms with Gasteiger partial charge in [0.2, 0.25) is 0 Å². The SMILES string of the molecule is O=C(Nc1ccccc1)Nc1ccnc(Cl)c1.O=C(Nc1ccccc1)Nc1cnns1.Oc1cccc(CNc2ncnc3nc[nH]c23)c1. The molecule has 4 heterocycles. The summed E-state index contributed by atoms with van der Waals surface area (Å²) in [5.74, 6) is 0.949. The van der Waals surface area contributed by atoms with Crippen molar-refractivity contribution in [3.63, 3.8) is 0 Å². The maximum absolute atomic E-state index is 11.6. The number of nitrogens with one attached hydrogen (secondary N) is 6. The van der Waals surface area contributed by atoms with E-state index in [2.05, 4.69) is 61.1 Å². The zero-order chi connectivity index (χ0) is 35.0. The van der Waals surface area contributed by atoms with Crippen molar-refractivity contribution in [2.45, 2.75) is 6.54 Å². The minimum Gasteiger partial charge on any atom is -0.508 e. The number of benzene rings is 3. The molecule has 7 N–H and O–H groups in total. The average Bonchev–Trinajstić information content (AvgIpc) is 3.82. The standard InChI is InChI=1S/C12H10ClN3O.C12H11N5O.C9H8N4OS/c13-11-8-10(6-7-14-11)16-12(17)15-9-4-2-1-3-5-9;18-9-3-1-2-8(4-9)5-13-11-10-12(15-6-14-10)17-7-16-11;14-9(12-8-6-10-13-15-8)11-7-4-2-1-3-5-7/h1-8H,(H2,14,15,16,17);1-4,6-7,18H,5H2,(H2,13,14,15,16,17);1-6H,(H2,11,12,14). The molecule has 15 nitrogen and oxygen atoms in total. The number of H-pyrrole nitrogens is 1. The Labute approximate surface area is 294 Å². The van der Waals surface area contributed by atoms with Crippen molar-refractivity contribution in [3.8, 4) is 5.75 Å². The summed E-state index contributed by atoms with van der Waals surface area (Å²) in [6, 6.07) is 28.1. The van der Waals surface area contributed by atoms with E-state index in [1.807, 2.05) is 54.6 Å². The van der Waals surface area contributed by atoms with Gasteiger partial charge in [-0.25, -0.2) is 29.5 Å². The number of rotatable bonds is 7. The fraction of sp³-hybridized carbons (Fsp3) is 0.0303. The molecular weight excluding hydrogens is 680 g/mol. The van der Waals surface area contributed by atoms with Crippen LogP contribution < -0.4 is 26.6 Å². The number of fused-ring (bicyclic) bond motifs is 1. The Hall–Kier alpha value is -6.65. The number of phenols is 1. The topological polar surface area (TPSA) is 208 Å². The minimum atomic E-state index is -0.321. The molecule has 0 saturated carbocycles. The third-order valence-electron chi connectivity index (χ3n) is 6.24. The number of aromatic nitrogens is 7. The summed E-state index contributed by atoms with van der Waals surface area (Å²) < 4.78 is 3.63. The predicted molar refractivity (Wildman–Crippen MR) is 194 cm³/mol. The Morgan fingerprint density at radius 1 is 0.760 bits per heavy atom. The number of anilines is 5. The van der Waals surface area contributed by atoms with Gasteiger partial charge in [-0.05, 0) is 54.1 Å². The number of nitrogens with zero attached hydrogens (tertiary/aromatic N) is 6. The molecular formula is C33H29ClN12O3S. The molecule has 7 rings (SSSR count). The molecule has 4 aromatic heterocycles. The normalized spacial score (nSPS) is 10.0. The lowest BCUT2D eigenvalue weighted by atomic mass is 10.2. The Bertz CT molecular complexity index is 2100. The molecule has 0 saturated heterocycles. The molecule has 0 aliphatic carbocycles. The van der Waals surface area contributed by atoms with Gasteiger partial charge < -0.3 is 31.4 Å². The number of imidazole rings is 1. The molecule has 0 bridgehead atoms. The Kier molecular flexibility index (Phi) is 12.5. The van der Waals surface area contributed by atoms with E-state index in [1.54, 1.807) is 48.8 Å². The van der Waals surface area contributed by atoms with Crippen LogP contribution in [-0.2, 0) is 6.54 Å². The first-order valence-electron chi connectivity index (χ1n) is 14.7. The molecule has 7 aromatic rings. The number of para-hydroxylation sites is 2. The summed E-state index contributed by atoms with van der Waals surface area (Å²) in [6.45, 7) is 0.569. The van der Waals surface area contributed by atoms with Gasteiger partial charge in [0.25, 0.3) is 0 Å². The third kappa shape index (κ3) is 11.3. The molecule has 0 radical (unpaired) electrons. The number of pyridine rings is 1. The summed E-state index contributed by atoms with van der Waals surface area (Å²) in [4.78, 5) is 42.1. The maximum atomic E-state index is 11.6. The van der Waals surface area contributed by atoms with E-state index in [0.29, 0.717) is 33.9 Å². The smallest absolute Gasteiger partial charge is 0.324 e. The van der Waals surface area contributed by atoms with E-state index in [9.17, 15) is 14.7 Å². The molecule has 17 heteroatoms. The zero-order valence-electron chi connectivity index (χ0n) is 26.0.